The van der Waals surface area contributed by atoms with Gasteiger partial charge in [-0.05, 0) is 0 Å². The van der Waals surface area contributed by atoms with Crippen LogP contribution in [-0.4, -0.2) is 35.8 Å². The van der Waals surface area contributed by atoms with E-state index in [1.54, 1.807) is 0 Å². The van der Waals surface area contributed by atoms with Gasteiger partial charge in [0, 0.05) is 0 Å². The molecule has 0 atom stereocenters. The molecule has 0 aromatic rings. The predicted molar refractivity (Wildman–Crippen MR) is 54.6 cm³/mol. The maximum atomic E-state index is 9.94. The number of carbonyl (C=O) groups is 2. The number of aliphatic carboxylic acids is 2. The monoisotopic (exact) mass is 374 g/mol. The molecule has 0 saturated carbocycles. The second-order valence-corrected chi connectivity index (χ2v) is 2.59. The van der Waals surface area contributed by atoms with Crippen LogP contribution in [0.25, 0.3) is 0 Å². The van der Waals surface area contributed by atoms with Crippen molar-refractivity contribution in [2.75, 3.05) is 0 Å². The van der Waals surface area contributed by atoms with Crippen molar-refractivity contribution in [3.8, 4) is 0 Å². The van der Waals surface area contributed by atoms with E-state index in [1.165, 1.54) is 12.5 Å². The van der Waals surface area contributed by atoms with Gasteiger partial charge in [0.2, 0.25) is 0 Å². The van der Waals surface area contributed by atoms with Crippen LogP contribution in [-0.2, 0) is 28.5 Å². The molecule has 0 fully saturated rings. The van der Waals surface area contributed by atoms with Gasteiger partial charge < -0.3 is 38.7 Å². The topological polar surface area (TPSA) is 117 Å². The fourth-order valence-electron chi connectivity index (χ4n) is 0.716. The number of rotatable bonds is 2. The van der Waals surface area contributed by atoms with E-state index in [1.807, 2.05) is 0 Å². The van der Waals surface area contributed by atoms with Crippen LogP contribution in [0.2, 0.25) is 0 Å². The van der Waals surface area contributed by atoms with Gasteiger partial charge >= 0.3 is 23.9 Å². The Balaban J connectivity index is 0.000000324. The van der Waals surface area contributed by atoms with Crippen molar-refractivity contribution < 1.29 is 38.7 Å². The third-order valence-electron chi connectivity index (χ3n) is 1.41. The van der Waals surface area contributed by atoms with Crippen LogP contribution in [0.1, 0.15) is 0 Å². The van der Waals surface area contributed by atoms with E-state index in [2.05, 4.69) is 18.9 Å². The molecule has 0 unspecified atom stereocenters. The molecule has 2 aliphatic rings. The van der Waals surface area contributed by atoms with E-state index in [4.69, 9.17) is 0 Å². The van der Waals surface area contributed by atoms with Gasteiger partial charge in [-0.15, -0.1) is 0 Å². The number of carboxylic acid groups (broad SMARTS) is 2. The molecule has 8 nitrogen and oxygen atoms in total. The van der Waals surface area contributed by atoms with Crippen molar-refractivity contribution in [3.63, 3.8) is 0 Å². The molecule has 0 bridgehead atoms. The molecular weight excluding hydrogens is 367 g/mol. The van der Waals surface area contributed by atoms with Gasteiger partial charge in [-0.25, -0.2) is 0 Å². The molecule has 0 N–H and O–H groups in total. The minimum Gasteiger partial charge on any atom is -0.541 e. The number of ether oxygens (including phenoxy) is 4. The molecule has 0 saturated heterocycles. The maximum Gasteiger partial charge on any atom is 2.00 e. The summed E-state index contributed by atoms with van der Waals surface area (Å²) >= 11 is 0. The van der Waals surface area contributed by atoms with Crippen molar-refractivity contribution in [1.82, 2.24) is 0 Å². The Bertz CT molecular complexity index is 406. The van der Waals surface area contributed by atoms with Crippen LogP contribution in [0.5, 0.6) is 0 Å². The first kappa shape index (κ1) is 16.9. The van der Waals surface area contributed by atoms with Crippen LogP contribution in [0, 0.1) is 0 Å². The normalized spacial score (nSPS) is 14.5. The number of hydrogen-bond donors (Lipinski definition) is 0. The summed E-state index contributed by atoms with van der Waals surface area (Å²) in [5.74, 6) is -3.42. The number of hydrogen-bond acceptors (Lipinski definition) is 8. The van der Waals surface area contributed by atoms with Gasteiger partial charge in [0.05, 0.1) is 0 Å². The van der Waals surface area contributed by atoms with E-state index in [0.717, 1.165) is 25.0 Å². The van der Waals surface area contributed by atoms with Crippen LogP contribution in [0.4, 0.5) is 0 Å². The Morgan fingerprint density at radius 3 is 1.32 bits per heavy atom. The average Bonchev–Trinajstić information content (AvgIpc) is 2.41. The van der Waals surface area contributed by atoms with Crippen LogP contribution in [0.15, 0.2) is 49.1 Å². The first-order valence-electron chi connectivity index (χ1n) is 4.38. The smallest absolute Gasteiger partial charge is 0.541 e. The SMILES string of the molecule is O=C([O-])C1=COC=CO1.O=C([O-])C1=COC=CO1.[Sn+2]. The van der Waals surface area contributed by atoms with Crippen molar-refractivity contribution in [2.24, 2.45) is 0 Å². The predicted octanol–water partition coefficient (Wildman–Crippen LogP) is -2.19. The van der Waals surface area contributed by atoms with Gasteiger partial charge in [-0.2, -0.15) is 0 Å². The molecule has 9 heteroatoms. The first-order valence-corrected chi connectivity index (χ1v) is 4.38. The average molecular weight is 373 g/mol. The third kappa shape index (κ3) is 6.40. The Labute approximate surface area is 124 Å². The van der Waals surface area contributed by atoms with Gasteiger partial charge in [0.15, 0.2) is 11.5 Å². The van der Waals surface area contributed by atoms with Gasteiger partial charge in [-0.3, -0.25) is 0 Å². The van der Waals surface area contributed by atoms with Crippen molar-refractivity contribution in [2.45, 2.75) is 0 Å². The standard InChI is InChI=1S/2C5H4O4.Sn/c2*6-5(7)4-3-8-1-2-9-4;/h2*1-3H,(H,6,7);/q;;+2/p-2. The minimum atomic E-state index is -1.39. The summed E-state index contributed by atoms with van der Waals surface area (Å²) in [4.78, 5) is 19.9. The number of carbonyl (C=O) groups excluding carboxylic acids is 2. The van der Waals surface area contributed by atoms with Crippen LogP contribution < -0.4 is 10.2 Å². The molecule has 0 aromatic heterocycles. The zero-order valence-electron chi connectivity index (χ0n) is 9.23. The zero-order valence-corrected chi connectivity index (χ0v) is 12.1. The quantitative estimate of drug-likeness (QED) is 0.502. The summed E-state index contributed by atoms with van der Waals surface area (Å²) in [6, 6.07) is 0. The zero-order chi connectivity index (χ0) is 13.4. The molecule has 98 valence electrons. The van der Waals surface area contributed by atoms with E-state index in [9.17, 15) is 19.8 Å². The molecule has 0 spiro atoms. The van der Waals surface area contributed by atoms with E-state index >= 15 is 0 Å². The summed E-state index contributed by atoms with van der Waals surface area (Å²) in [5.41, 5.74) is 0. The summed E-state index contributed by atoms with van der Waals surface area (Å²) in [5, 5.41) is 19.9. The third-order valence-corrected chi connectivity index (χ3v) is 1.41. The second-order valence-electron chi connectivity index (χ2n) is 2.59. The van der Waals surface area contributed by atoms with Crippen molar-refractivity contribution in [1.29, 1.82) is 0 Å². The summed E-state index contributed by atoms with van der Waals surface area (Å²) < 4.78 is 17.8. The Morgan fingerprint density at radius 2 is 1.16 bits per heavy atom. The Kier molecular flexibility index (Phi) is 7.93. The molecule has 0 amide bonds. The Hall–Kier alpha value is -2.10. The summed E-state index contributed by atoms with van der Waals surface area (Å²) in [6.07, 6.45) is 6.57. The van der Waals surface area contributed by atoms with Crippen molar-refractivity contribution in [3.05, 3.63) is 49.1 Å². The van der Waals surface area contributed by atoms with Crippen LogP contribution >= 0.6 is 0 Å². The Morgan fingerprint density at radius 1 is 0.789 bits per heavy atom. The van der Waals surface area contributed by atoms with E-state index in [-0.39, 0.29) is 35.4 Å². The van der Waals surface area contributed by atoms with Gasteiger partial charge in [-0.1, -0.05) is 0 Å². The minimum absolute atomic E-state index is 0. The molecule has 0 aliphatic carbocycles. The second kappa shape index (κ2) is 8.91. The molecule has 2 rings (SSSR count). The van der Waals surface area contributed by atoms with E-state index < -0.39 is 11.9 Å². The van der Waals surface area contributed by atoms with E-state index in [0.29, 0.717) is 0 Å². The number of carboxylic acids is 2. The molecule has 0 aromatic carbocycles. The largest absolute Gasteiger partial charge is 2.00 e. The fraction of sp³-hybridized carbons (Fsp3) is 0. The van der Waals surface area contributed by atoms with Gasteiger partial charge in [0.25, 0.3) is 0 Å². The fourth-order valence-corrected chi connectivity index (χ4v) is 0.716. The van der Waals surface area contributed by atoms with Gasteiger partial charge in [0.1, 0.15) is 49.5 Å². The summed E-state index contributed by atoms with van der Waals surface area (Å²) in [6.45, 7) is 0. The first-order chi connectivity index (χ1) is 8.61. The summed E-state index contributed by atoms with van der Waals surface area (Å²) in [7, 11) is 0. The van der Waals surface area contributed by atoms with Crippen molar-refractivity contribution >= 4 is 35.8 Å². The molecule has 2 radical (unpaired) electrons. The molecule has 2 aliphatic heterocycles. The van der Waals surface area contributed by atoms with Crippen LogP contribution in [0.3, 0.4) is 0 Å². The maximum absolute atomic E-state index is 9.94. The molecule has 2 heterocycles. The molecular formula is C10H6O8Sn. The molecule has 19 heavy (non-hydrogen) atoms.